The summed E-state index contributed by atoms with van der Waals surface area (Å²) in [6.45, 7) is 5.98. The molecule has 19 heavy (non-hydrogen) atoms. The molecule has 1 atom stereocenters. The van der Waals surface area contributed by atoms with Gasteiger partial charge >= 0.3 is 0 Å². The molecule has 2 aromatic carbocycles. The van der Waals surface area contributed by atoms with Crippen molar-refractivity contribution in [2.75, 3.05) is 0 Å². The maximum absolute atomic E-state index is 13.4. The predicted molar refractivity (Wildman–Crippen MR) is 82.8 cm³/mol. The van der Waals surface area contributed by atoms with Gasteiger partial charge in [0.05, 0.1) is 4.83 Å². The van der Waals surface area contributed by atoms with E-state index < -0.39 is 0 Å². The van der Waals surface area contributed by atoms with Crippen molar-refractivity contribution < 1.29 is 4.39 Å². The topological polar surface area (TPSA) is 0 Å². The van der Waals surface area contributed by atoms with E-state index in [1.54, 1.807) is 12.1 Å². The van der Waals surface area contributed by atoms with Gasteiger partial charge in [-0.15, -0.1) is 0 Å². The summed E-state index contributed by atoms with van der Waals surface area (Å²) in [4.78, 5) is -0.0285. The van der Waals surface area contributed by atoms with Crippen LogP contribution in [0.2, 0.25) is 5.02 Å². The van der Waals surface area contributed by atoms with Crippen LogP contribution in [0.3, 0.4) is 0 Å². The Hall–Kier alpha value is -0.860. The van der Waals surface area contributed by atoms with E-state index in [2.05, 4.69) is 22.0 Å². The molecule has 0 N–H and O–H groups in total. The van der Waals surface area contributed by atoms with Gasteiger partial charge in [-0.2, -0.15) is 0 Å². The quantitative estimate of drug-likeness (QED) is 0.598. The largest absolute Gasteiger partial charge is 0.207 e. The van der Waals surface area contributed by atoms with Gasteiger partial charge in [-0.3, -0.25) is 0 Å². The van der Waals surface area contributed by atoms with Crippen molar-refractivity contribution in [1.29, 1.82) is 0 Å². The molecular weight excluding hydrogens is 327 g/mol. The number of hydrogen-bond acceptors (Lipinski definition) is 0. The zero-order valence-electron chi connectivity index (χ0n) is 11.1. The minimum atomic E-state index is -0.214. The van der Waals surface area contributed by atoms with Crippen LogP contribution >= 0.6 is 27.5 Å². The van der Waals surface area contributed by atoms with Crippen molar-refractivity contribution in [1.82, 2.24) is 0 Å². The molecule has 0 spiro atoms. The van der Waals surface area contributed by atoms with Crippen molar-refractivity contribution in [2.24, 2.45) is 0 Å². The molecule has 0 radical (unpaired) electrons. The van der Waals surface area contributed by atoms with Crippen LogP contribution in [0.1, 0.15) is 32.6 Å². The molecule has 0 nitrogen and oxygen atoms in total. The lowest BCUT2D eigenvalue weighted by molar-refractivity contribution is 0.625. The third-order valence-corrected chi connectivity index (χ3v) is 4.73. The summed E-state index contributed by atoms with van der Waals surface area (Å²) in [7, 11) is 0. The molecule has 0 saturated carbocycles. The molecule has 0 aliphatic rings. The van der Waals surface area contributed by atoms with E-state index in [0.717, 1.165) is 32.8 Å². The molecule has 2 rings (SSSR count). The Bertz CT molecular complexity index is 622. The zero-order chi connectivity index (χ0) is 14.2. The van der Waals surface area contributed by atoms with E-state index in [4.69, 9.17) is 11.6 Å². The van der Waals surface area contributed by atoms with Crippen LogP contribution in [0.25, 0.3) is 0 Å². The SMILES string of the molecule is Cc1cc(C(Br)c2cc(F)ccc2C)c(C)cc1Cl. The van der Waals surface area contributed by atoms with Crippen molar-refractivity contribution in [3.63, 3.8) is 0 Å². The Morgan fingerprint density at radius 1 is 0.947 bits per heavy atom. The smallest absolute Gasteiger partial charge is 0.123 e. The molecule has 0 bridgehead atoms. The number of aryl methyl sites for hydroxylation is 3. The number of rotatable bonds is 2. The van der Waals surface area contributed by atoms with Crippen molar-refractivity contribution >= 4 is 27.5 Å². The molecule has 0 aliphatic carbocycles. The Labute approximate surface area is 126 Å². The fourth-order valence-corrected chi connectivity index (χ4v) is 3.33. The molecule has 2 aromatic rings. The zero-order valence-corrected chi connectivity index (χ0v) is 13.4. The van der Waals surface area contributed by atoms with E-state index in [1.165, 1.54) is 6.07 Å². The van der Waals surface area contributed by atoms with Gasteiger partial charge in [-0.05, 0) is 66.8 Å². The monoisotopic (exact) mass is 340 g/mol. The summed E-state index contributed by atoms with van der Waals surface area (Å²) in [5.41, 5.74) is 5.26. The minimum Gasteiger partial charge on any atom is -0.207 e. The van der Waals surface area contributed by atoms with E-state index in [9.17, 15) is 4.39 Å². The molecule has 0 aliphatic heterocycles. The summed E-state index contributed by atoms with van der Waals surface area (Å²) in [6, 6.07) is 8.88. The van der Waals surface area contributed by atoms with Crippen molar-refractivity contribution in [3.05, 3.63) is 69.0 Å². The first-order valence-corrected chi connectivity index (χ1v) is 7.36. The van der Waals surface area contributed by atoms with Gasteiger partial charge in [-0.25, -0.2) is 4.39 Å². The molecule has 1 unspecified atom stereocenters. The highest BCUT2D eigenvalue weighted by molar-refractivity contribution is 9.09. The Kier molecular flexibility index (Phi) is 4.32. The van der Waals surface area contributed by atoms with Gasteiger partial charge in [0, 0.05) is 5.02 Å². The lowest BCUT2D eigenvalue weighted by Crippen LogP contribution is -2.00. The third-order valence-electron chi connectivity index (χ3n) is 3.33. The number of hydrogen-bond donors (Lipinski definition) is 0. The average Bonchev–Trinajstić information content (AvgIpc) is 2.36. The molecule has 100 valence electrons. The van der Waals surface area contributed by atoms with Crippen LogP contribution in [0.4, 0.5) is 4.39 Å². The lowest BCUT2D eigenvalue weighted by atomic mass is 9.96. The highest BCUT2D eigenvalue weighted by Crippen LogP contribution is 2.36. The van der Waals surface area contributed by atoms with Crippen LogP contribution in [0.15, 0.2) is 30.3 Å². The van der Waals surface area contributed by atoms with Crippen LogP contribution in [-0.4, -0.2) is 0 Å². The number of benzene rings is 2. The molecule has 0 aromatic heterocycles. The standard InChI is InChI=1S/C16H15BrClF/c1-9-4-5-12(19)8-14(9)16(17)13-6-11(3)15(18)7-10(13)2/h4-8,16H,1-3H3. The van der Waals surface area contributed by atoms with Gasteiger partial charge in [0.1, 0.15) is 5.82 Å². The molecule has 0 heterocycles. The first kappa shape index (κ1) is 14.5. The summed E-state index contributed by atoms with van der Waals surface area (Å²) in [5, 5.41) is 0.761. The first-order valence-electron chi connectivity index (χ1n) is 6.07. The molecule has 3 heteroatoms. The van der Waals surface area contributed by atoms with Crippen LogP contribution in [-0.2, 0) is 0 Å². The maximum atomic E-state index is 13.4. The van der Waals surface area contributed by atoms with Gasteiger partial charge in [-0.1, -0.05) is 39.7 Å². The van der Waals surface area contributed by atoms with Crippen LogP contribution < -0.4 is 0 Å². The van der Waals surface area contributed by atoms with Gasteiger partial charge in [0.2, 0.25) is 0 Å². The van der Waals surface area contributed by atoms with E-state index in [1.807, 2.05) is 26.8 Å². The summed E-state index contributed by atoms with van der Waals surface area (Å²) in [5.74, 6) is -0.214. The fraction of sp³-hybridized carbons (Fsp3) is 0.250. The molecule has 0 saturated heterocycles. The molecular formula is C16H15BrClF. The maximum Gasteiger partial charge on any atom is 0.123 e. The van der Waals surface area contributed by atoms with Crippen LogP contribution in [0, 0.1) is 26.6 Å². The summed E-state index contributed by atoms with van der Waals surface area (Å²) in [6.07, 6.45) is 0. The third kappa shape index (κ3) is 3.01. The normalized spacial score (nSPS) is 12.5. The minimum absolute atomic E-state index is 0.0285. The van der Waals surface area contributed by atoms with Gasteiger partial charge < -0.3 is 0 Å². The van der Waals surface area contributed by atoms with E-state index in [0.29, 0.717) is 0 Å². The van der Waals surface area contributed by atoms with E-state index in [-0.39, 0.29) is 10.6 Å². The van der Waals surface area contributed by atoms with E-state index >= 15 is 0 Å². The fourth-order valence-electron chi connectivity index (χ4n) is 2.13. The highest BCUT2D eigenvalue weighted by atomic mass is 79.9. The second-order valence-corrected chi connectivity index (χ2v) is 6.14. The van der Waals surface area contributed by atoms with Crippen LogP contribution in [0.5, 0.6) is 0 Å². The second-order valence-electron chi connectivity index (χ2n) is 4.82. The molecule has 0 fully saturated rings. The Morgan fingerprint density at radius 3 is 2.26 bits per heavy atom. The lowest BCUT2D eigenvalue weighted by Gasteiger charge is -2.17. The average molecular weight is 342 g/mol. The number of alkyl halides is 1. The Morgan fingerprint density at radius 2 is 1.58 bits per heavy atom. The summed E-state index contributed by atoms with van der Waals surface area (Å²) < 4.78 is 13.4. The van der Waals surface area contributed by atoms with Crippen molar-refractivity contribution in [3.8, 4) is 0 Å². The second kappa shape index (κ2) is 5.64. The predicted octanol–water partition coefficient (Wildman–Crippen LogP) is 5.89. The van der Waals surface area contributed by atoms with Gasteiger partial charge in [0.25, 0.3) is 0 Å². The molecule has 0 amide bonds. The highest BCUT2D eigenvalue weighted by Gasteiger charge is 2.16. The Balaban J connectivity index is 2.52. The first-order chi connectivity index (χ1) is 8.90. The summed E-state index contributed by atoms with van der Waals surface area (Å²) >= 11 is 9.80. The van der Waals surface area contributed by atoms with Gasteiger partial charge in [0.15, 0.2) is 0 Å². The number of halogens is 3. The van der Waals surface area contributed by atoms with Crippen molar-refractivity contribution in [2.45, 2.75) is 25.6 Å².